The molecule has 2 unspecified atom stereocenters. The molecule has 3 N–H and O–H groups in total. The average molecular weight is 188 g/mol. The third-order valence-electron chi connectivity index (χ3n) is 2.47. The van der Waals surface area contributed by atoms with Crippen LogP contribution in [-0.2, 0) is 4.74 Å². The molecule has 0 aromatic rings. The molecule has 4 heteroatoms. The lowest BCUT2D eigenvalue weighted by Gasteiger charge is -2.34. The molecule has 4 nitrogen and oxygen atoms in total. The molecule has 1 heterocycles. The highest BCUT2D eigenvalue weighted by atomic mass is 16.5. The molecule has 1 aliphatic heterocycles. The minimum Gasteiger partial charge on any atom is -0.396 e. The molecular weight excluding hydrogens is 168 g/mol. The summed E-state index contributed by atoms with van der Waals surface area (Å²) in [7, 11) is 0. The van der Waals surface area contributed by atoms with Gasteiger partial charge in [-0.05, 0) is 13.3 Å². The number of morpholine rings is 1. The largest absolute Gasteiger partial charge is 0.396 e. The van der Waals surface area contributed by atoms with E-state index in [-0.39, 0.29) is 12.6 Å². The van der Waals surface area contributed by atoms with Crippen LogP contribution in [0.2, 0.25) is 0 Å². The molecule has 1 saturated heterocycles. The molecule has 0 saturated carbocycles. The van der Waals surface area contributed by atoms with E-state index in [1.165, 1.54) is 0 Å². The van der Waals surface area contributed by atoms with Crippen molar-refractivity contribution in [2.75, 3.05) is 32.9 Å². The average Bonchev–Trinajstić information content (AvgIpc) is 2.09. The van der Waals surface area contributed by atoms with Crippen LogP contribution >= 0.6 is 0 Å². The Labute approximate surface area is 79.7 Å². The van der Waals surface area contributed by atoms with Crippen molar-refractivity contribution in [3.8, 4) is 0 Å². The van der Waals surface area contributed by atoms with Gasteiger partial charge in [0.25, 0.3) is 0 Å². The van der Waals surface area contributed by atoms with Crippen LogP contribution in [0.5, 0.6) is 0 Å². The summed E-state index contributed by atoms with van der Waals surface area (Å²) in [6, 6.07) is 0.545. The van der Waals surface area contributed by atoms with E-state index in [1.807, 2.05) is 0 Å². The Morgan fingerprint density at radius 1 is 1.69 bits per heavy atom. The summed E-state index contributed by atoms with van der Waals surface area (Å²) in [5.74, 6) is 0. The smallest absolute Gasteiger partial charge is 0.0619 e. The number of aliphatic hydroxyl groups is 1. The number of aliphatic hydroxyl groups excluding tert-OH is 1. The Morgan fingerprint density at radius 3 is 3.08 bits per heavy atom. The van der Waals surface area contributed by atoms with Crippen LogP contribution in [0.25, 0.3) is 0 Å². The van der Waals surface area contributed by atoms with Crippen molar-refractivity contribution in [3.05, 3.63) is 0 Å². The first kappa shape index (κ1) is 10.9. The minimum absolute atomic E-state index is 0.0885. The predicted octanol–water partition coefficient (Wildman–Crippen LogP) is -0.583. The van der Waals surface area contributed by atoms with E-state index in [0.717, 1.165) is 26.3 Å². The first-order valence-electron chi connectivity index (χ1n) is 4.92. The van der Waals surface area contributed by atoms with Crippen molar-refractivity contribution in [3.63, 3.8) is 0 Å². The molecule has 1 fully saturated rings. The van der Waals surface area contributed by atoms with Gasteiger partial charge in [-0.1, -0.05) is 0 Å². The van der Waals surface area contributed by atoms with E-state index < -0.39 is 0 Å². The Morgan fingerprint density at radius 2 is 2.46 bits per heavy atom. The van der Waals surface area contributed by atoms with Crippen molar-refractivity contribution >= 4 is 0 Å². The molecule has 0 aromatic carbocycles. The Hall–Kier alpha value is -0.160. The van der Waals surface area contributed by atoms with Crippen molar-refractivity contribution in [2.24, 2.45) is 5.73 Å². The molecule has 78 valence electrons. The molecular formula is C9H20N2O2. The van der Waals surface area contributed by atoms with Crippen molar-refractivity contribution in [1.82, 2.24) is 4.90 Å². The number of hydrogen-bond acceptors (Lipinski definition) is 4. The minimum atomic E-state index is 0.0885. The Kier molecular flexibility index (Phi) is 4.66. The summed E-state index contributed by atoms with van der Waals surface area (Å²) in [4.78, 5) is 2.32. The van der Waals surface area contributed by atoms with Crippen molar-refractivity contribution < 1.29 is 9.84 Å². The quantitative estimate of drug-likeness (QED) is 0.619. The third-order valence-corrected chi connectivity index (χ3v) is 2.47. The molecule has 0 bridgehead atoms. The zero-order chi connectivity index (χ0) is 9.68. The van der Waals surface area contributed by atoms with Gasteiger partial charge in [-0.2, -0.15) is 0 Å². The van der Waals surface area contributed by atoms with E-state index in [0.29, 0.717) is 12.5 Å². The zero-order valence-electron chi connectivity index (χ0n) is 8.28. The number of hydrogen-bond donors (Lipinski definition) is 2. The molecule has 0 amide bonds. The fourth-order valence-electron chi connectivity index (χ4n) is 1.59. The Balaban J connectivity index is 2.25. The standard InChI is InChI=1S/C9H20N2O2/c1-8-7-13-5-3-11(8)6-9(10)2-4-12/h8-9,12H,2-7,10H2,1H3. The van der Waals surface area contributed by atoms with Crippen LogP contribution in [0.15, 0.2) is 0 Å². The molecule has 1 rings (SSSR count). The van der Waals surface area contributed by atoms with Gasteiger partial charge in [-0.3, -0.25) is 4.90 Å². The summed E-state index contributed by atoms with van der Waals surface area (Å²) in [5.41, 5.74) is 5.83. The van der Waals surface area contributed by atoms with Crippen LogP contribution < -0.4 is 5.73 Å². The van der Waals surface area contributed by atoms with E-state index in [1.54, 1.807) is 0 Å². The second-order valence-corrected chi connectivity index (χ2v) is 3.69. The zero-order valence-corrected chi connectivity index (χ0v) is 8.28. The first-order chi connectivity index (χ1) is 6.24. The van der Waals surface area contributed by atoms with Gasteiger partial charge in [-0.15, -0.1) is 0 Å². The van der Waals surface area contributed by atoms with Crippen molar-refractivity contribution in [2.45, 2.75) is 25.4 Å². The molecule has 0 aliphatic carbocycles. The highest BCUT2D eigenvalue weighted by Gasteiger charge is 2.20. The Bertz CT molecular complexity index is 144. The predicted molar refractivity (Wildman–Crippen MR) is 51.5 cm³/mol. The molecule has 0 spiro atoms. The highest BCUT2D eigenvalue weighted by molar-refractivity contribution is 4.75. The first-order valence-corrected chi connectivity index (χ1v) is 4.92. The molecule has 0 aromatic heterocycles. The van der Waals surface area contributed by atoms with Crippen LogP contribution in [0.3, 0.4) is 0 Å². The van der Waals surface area contributed by atoms with E-state index in [9.17, 15) is 0 Å². The fourth-order valence-corrected chi connectivity index (χ4v) is 1.59. The molecule has 0 radical (unpaired) electrons. The van der Waals surface area contributed by atoms with E-state index in [4.69, 9.17) is 15.6 Å². The van der Waals surface area contributed by atoms with Gasteiger partial charge in [0.05, 0.1) is 13.2 Å². The van der Waals surface area contributed by atoms with Gasteiger partial charge >= 0.3 is 0 Å². The summed E-state index contributed by atoms with van der Waals surface area (Å²) in [6.45, 7) is 5.75. The molecule has 13 heavy (non-hydrogen) atoms. The summed E-state index contributed by atoms with van der Waals surface area (Å²) < 4.78 is 5.32. The molecule has 2 atom stereocenters. The van der Waals surface area contributed by atoms with Gasteiger partial charge < -0.3 is 15.6 Å². The number of nitrogens with zero attached hydrogens (tertiary/aromatic N) is 1. The van der Waals surface area contributed by atoms with Crippen molar-refractivity contribution in [1.29, 1.82) is 0 Å². The van der Waals surface area contributed by atoms with Crippen LogP contribution in [0, 0.1) is 0 Å². The second kappa shape index (κ2) is 5.54. The highest BCUT2D eigenvalue weighted by Crippen LogP contribution is 2.06. The lowest BCUT2D eigenvalue weighted by atomic mass is 10.1. The number of rotatable bonds is 4. The maximum atomic E-state index is 8.71. The maximum Gasteiger partial charge on any atom is 0.0619 e. The maximum absolute atomic E-state index is 8.71. The van der Waals surface area contributed by atoms with Gasteiger partial charge in [0.15, 0.2) is 0 Å². The second-order valence-electron chi connectivity index (χ2n) is 3.69. The van der Waals surface area contributed by atoms with Gasteiger partial charge in [0.1, 0.15) is 0 Å². The lowest BCUT2D eigenvalue weighted by molar-refractivity contribution is -0.00355. The number of nitrogens with two attached hydrogens (primary N) is 1. The van der Waals surface area contributed by atoms with Gasteiger partial charge in [0, 0.05) is 31.8 Å². The summed E-state index contributed by atoms with van der Waals surface area (Å²) >= 11 is 0. The van der Waals surface area contributed by atoms with Crippen LogP contribution in [0.4, 0.5) is 0 Å². The summed E-state index contributed by atoms with van der Waals surface area (Å²) in [5, 5.41) is 8.71. The van der Waals surface area contributed by atoms with Gasteiger partial charge in [-0.25, -0.2) is 0 Å². The third kappa shape index (κ3) is 3.60. The number of ether oxygens (including phenoxy) is 1. The normalized spacial score (nSPS) is 27.5. The fraction of sp³-hybridized carbons (Fsp3) is 1.00. The molecule has 1 aliphatic rings. The van der Waals surface area contributed by atoms with Crippen LogP contribution in [-0.4, -0.2) is 55.0 Å². The van der Waals surface area contributed by atoms with Crippen LogP contribution in [0.1, 0.15) is 13.3 Å². The summed E-state index contributed by atoms with van der Waals surface area (Å²) in [6.07, 6.45) is 0.685. The SMILES string of the molecule is CC1COCCN1CC(N)CCO. The van der Waals surface area contributed by atoms with Gasteiger partial charge in [0.2, 0.25) is 0 Å². The topological polar surface area (TPSA) is 58.7 Å². The van der Waals surface area contributed by atoms with E-state index >= 15 is 0 Å². The lowest BCUT2D eigenvalue weighted by Crippen LogP contribution is -2.48. The van der Waals surface area contributed by atoms with E-state index in [2.05, 4.69) is 11.8 Å². The monoisotopic (exact) mass is 188 g/mol.